The summed E-state index contributed by atoms with van der Waals surface area (Å²) in [5.74, 6) is -0.416. The van der Waals surface area contributed by atoms with Gasteiger partial charge in [0.05, 0.1) is 5.52 Å². The number of primary amides is 1. The van der Waals surface area contributed by atoms with Crippen molar-refractivity contribution >= 4 is 32.7 Å². The Hall–Kier alpha value is -2.07. The highest BCUT2D eigenvalue weighted by Crippen LogP contribution is 2.24. The molecule has 2 aromatic carbocycles. The van der Waals surface area contributed by atoms with Crippen molar-refractivity contribution in [1.29, 1.82) is 0 Å². The molecular weight excluding hydrogens is 304 g/mol. The predicted molar refractivity (Wildman–Crippen MR) is 79.5 cm³/mol. The second-order valence-corrected chi connectivity index (χ2v) is 5.22. The Morgan fingerprint density at radius 1 is 1.11 bits per heavy atom. The molecule has 0 atom stereocenters. The topological polar surface area (TPSA) is 48.0 Å². The first-order valence-corrected chi connectivity index (χ1v) is 6.61. The normalized spacial score (nSPS) is 10.8. The molecule has 3 nitrogen and oxygen atoms in total. The van der Waals surface area contributed by atoms with Gasteiger partial charge in [-0.05, 0) is 42.5 Å². The van der Waals surface area contributed by atoms with Crippen molar-refractivity contribution in [3.8, 4) is 5.69 Å². The SMILES string of the molecule is NC(=O)c1cccc(-n2ccc3cc(Br)ccc32)c1. The molecule has 0 spiro atoms. The molecule has 19 heavy (non-hydrogen) atoms. The molecule has 3 rings (SSSR count). The summed E-state index contributed by atoms with van der Waals surface area (Å²) in [5, 5.41) is 1.14. The number of carbonyl (C=O) groups is 1. The van der Waals surface area contributed by atoms with Crippen LogP contribution in [0.4, 0.5) is 0 Å². The van der Waals surface area contributed by atoms with Crippen molar-refractivity contribution in [3.63, 3.8) is 0 Å². The molecule has 2 N–H and O–H groups in total. The first-order chi connectivity index (χ1) is 9.15. The molecule has 1 aromatic heterocycles. The minimum Gasteiger partial charge on any atom is -0.366 e. The van der Waals surface area contributed by atoms with Gasteiger partial charge in [-0.1, -0.05) is 22.0 Å². The number of halogens is 1. The number of nitrogens with two attached hydrogens (primary N) is 1. The molecule has 1 heterocycles. The lowest BCUT2D eigenvalue weighted by molar-refractivity contribution is 0.100. The molecule has 0 bridgehead atoms. The maximum absolute atomic E-state index is 11.2. The highest BCUT2D eigenvalue weighted by Gasteiger charge is 2.06. The maximum atomic E-state index is 11.2. The van der Waals surface area contributed by atoms with E-state index in [-0.39, 0.29) is 0 Å². The van der Waals surface area contributed by atoms with Crippen LogP contribution in [-0.4, -0.2) is 10.5 Å². The summed E-state index contributed by atoms with van der Waals surface area (Å²) in [6.45, 7) is 0. The van der Waals surface area contributed by atoms with Gasteiger partial charge in [-0.3, -0.25) is 4.79 Å². The van der Waals surface area contributed by atoms with Gasteiger partial charge in [0.15, 0.2) is 0 Å². The highest BCUT2D eigenvalue weighted by molar-refractivity contribution is 9.10. The predicted octanol–water partition coefficient (Wildman–Crippen LogP) is 3.49. The third kappa shape index (κ3) is 2.15. The minimum atomic E-state index is -0.416. The van der Waals surface area contributed by atoms with Gasteiger partial charge in [0, 0.05) is 27.3 Å². The fraction of sp³-hybridized carbons (Fsp3) is 0. The van der Waals surface area contributed by atoms with Crippen LogP contribution in [0.15, 0.2) is 59.2 Å². The third-order valence-corrected chi connectivity index (χ3v) is 3.55. The van der Waals surface area contributed by atoms with Gasteiger partial charge < -0.3 is 10.3 Å². The molecule has 0 aliphatic rings. The molecule has 0 saturated heterocycles. The standard InChI is InChI=1S/C15H11BrN2O/c16-12-4-5-14-10(8-12)6-7-18(14)13-3-1-2-11(9-13)15(17)19/h1-9H,(H2,17,19). The summed E-state index contributed by atoms with van der Waals surface area (Å²) in [6, 6.07) is 15.4. The van der Waals surface area contributed by atoms with Crippen molar-refractivity contribution in [2.75, 3.05) is 0 Å². The lowest BCUT2D eigenvalue weighted by Gasteiger charge is -2.07. The quantitative estimate of drug-likeness (QED) is 0.773. The Labute approximate surface area is 118 Å². The summed E-state index contributed by atoms with van der Waals surface area (Å²) in [7, 11) is 0. The Kier molecular flexibility index (Phi) is 2.87. The van der Waals surface area contributed by atoms with Crippen LogP contribution < -0.4 is 5.73 Å². The summed E-state index contributed by atoms with van der Waals surface area (Å²) in [6.07, 6.45) is 1.98. The van der Waals surface area contributed by atoms with Gasteiger partial charge in [-0.25, -0.2) is 0 Å². The Bertz CT molecular complexity index is 777. The summed E-state index contributed by atoms with van der Waals surface area (Å²) >= 11 is 3.46. The molecule has 0 saturated carbocycles. The average molecular weight is 315 g/mol. The largest absolute Gasteiger partial charge is 0.366 e. The van der Waals surface area contributed by atoms with Crippen LogP contribution in [0.25, 0.3) is 16.6 Å². The van der Waals surface area contributed by atoms with E-state index in [4.69, 9.17) is 5.73 Å². The second-order valence-electron chi connectivity index (χ2n) is 4.30. The van der Waals surface area contributed by atoms with Crippen molar-refractivity contribution in [1.82, 2.24) is 4.57 Å². The molecule has 0 fully saturated rings. The maximum Gasteiger partial charge on any atom is 0.248 e. The first kappa shape index (κ1) is 12.0. The number of fused-ring (bicyclic) bond motifs is 1. The van der Waals surface area contributed by atoms with Crippen molar-refractivity contribution in [2.45, 2.75) is 0 Å². The van der Waals surface area contributed by atoms with E-state index in [9.17, 15) is 4.79 Å². The summed E-state index contributed by atoms with van der Waals surface area (Å²) < 4.78 is 3.08. The van der Waals surface area contributed by atoms with Crippen molar-refractivity contribution in [3.05, 3.63) is 64.8 Å². The fourth-order valence-electron chi connectivity index (χ4n) is 2.15. The number of nitrogens with zero attached hydrogens (tertiary/aromatic N) is 1. The number of hydrogen-bond donors (Lipinski definition) is 1. The van der Waals surface area contributed by atoms with Gasteiger partial charge >= 0.3 is 0 Å². The van der Waals surface area contributed by atoms with Crippen LogP contribution in [0.3, 0.4) is 0 Å². The van der Waals surface area contributed by atoms with Gasteiger partial charge in [-0.2, -0.15) is 0 Å². The summed E-state index contributed by atoms with van der Waals surface area (Å²) in [5.41, 5.74) is 7.84. The molecule has 4 heteroatoms. The molecule has 0 radical (unpaired) electrons. The minimum absolute atomic E-state index is 0.416. The van der Waals surface area contributed by atoms with Crippen LogP contribution in [0.2, 0.25) is 0 Å². The number of carbonyl (C=O) groups excluding carboxylic acids is 1. The zero-order chi connectivity index (χ0) is 13.4. The molecule has 0 unspecified atom stereocenters. The zero-order valence-corrected chi connectivity index (χ0v) is 11.6. The molecule has 0 aliphatic carbocycles. The second kappa shape index (κ2) is 4.55. The number of benzene rings is 2. The van der Waals surface area contributed by atoms with Gasteiger partial charge in [-0.15, -0.1) is 0 Å². The van der Waals surface area contributed by atoms with Crippen LogP contribution in [0.1, 0.15) is 10.4 Å². The van der Waals surface area contributed by atoms with Gasteiger partial charge in [0.2, 0.25) is 5.91 Å². The number of amides is 1. The van der Waals surface area contributed by atoms with E-state index in [1.807, 2.05) is 41.1 Å². The van der Waals surface area contributed by atoms with E-state index in [1.165, 1.54) is 0 Å². The molecular formula is C15H11BrN2O. The van der Waals surface area contributed by atoms with E-state index in [0.29, 0.717) is 5.56 Å². The third-order valence-electron chi connectivity index (χ3n) is 3.06. The lowest BCUT2D eigenvalue weighted by Crippen LogP contribution is -2.11. The smallest absolute Gasteiger partial charge is 0.248 e. The van der Waals surface area contributed by atoms with Crippen LogP contribution in [0.5, 0.6) is 0 Å². The monoisotopic (exact) mass is 314 g/mol. The number of aromatic nitrogens is 1. The van der Waals surface area contributed by atoms with Crippen LogP contribution >= 0.6 is 15.9 Å². The highest BCUT2D eigenvalue weighted by atomic mass is 79.9. The van der Waals surface area contributed by atoms with Crippen LogP contribution in [0, 0.1) is 0 Å². The lowest BCUT2D eigenvalue weighted by atomic mass is 10.2. The Morgan fingerprint density at radius 3 is 2.74 bits per heavy atom. The zero-order valence-electron chi connectivity index (χ0n) is 10.0. The van der Waals surface area contributed by atoms with Crippen molar-refractivity contribution < 1.29 is 4.79 Å². The van der Waals surface area contributed by atoms with E-state index in [1.54, 1.807) is 12.1 Å². The van der Waals surface area contributed by atoms with Gasteiger partial charge in [0.1, 0.15) is 0 Å². The van der Waals surface area contributed by atoms with Gasteiger partial charge in [0.25, 0.3) is 0 Å². The van der Waals surface area contributed by atoms with E-state index in [0.717, 1.165) is 21.1 Å². The fourth-order valence-corrected chi connectivity index (χ4v) is 2.53. The molecule has 1 amide bonds. The number of hydrogen-bond acceptors (Lipinski definition) is 1. The average Bonchev–Trinajstić information content (AvgIpc) is 2.81. The van der Waals surface area contributed by atoms with E-state index < -0.39 is 5.91 Å². The van der Waals surface area contributed by atoms with E-state index >= 15 is 0 Å². The Morgan fingerprint density at radius 2 is 1.95 bits per heavy atom. The molecule has 0 aliphatic heterocycles. The van der Waals surface area contributed by atoms with Crippen LogP contribution in [-0.2, 0) is 0 Å². The Balaban J connectivity index is 2.19. The summed E-state index contributed by atoms with van der Waals surface area (Å²) in [4.78, 5) is 11.2. The molecule has 94 valence electrons. The number of rotatable bonds is 2. The van der Waals surface area contributed by atoms with E-state index in [2.05, 4.69) is 22.0 Å². The van der Waals surface area contributed by atoms with Crippen molar-refractivity contribution in [2.24, 2.45) is 5.73 Å². The first-order valence-electron chi connectivity index (χ1n) is 5.82. The molecule has 3 aromatic rings.